The number of nitrogens with one attached hydrogen (secondary N) is 1. The summed E-state index contributed by atoms with van der Waals surface area (Å²) in [6.07, 6.45) is -2.40. The molecule has 6 heterocycles. The summed E-state index contributed by atoms with van der Waals surface area (Å²) >= 11 is 0. The van der Waals surface area contributed by atoms with Crippen molar-refractivity contribution in [1.29, 1.82) is 0 Å². The molecule has 0 spiro atoms. The van der Waals surface area contributed by atoms with Crippen LogP contribution in [0, 0.1) is 27.7 Å². The second-order valence-electron chi connectivity index (χ2n) is 41.2. The van der Waals surface area contributed by atoms with E-state index in [9.17, 15) is 41.9 Å². The monoisotopic (exact) mass is 1950 g/mol. The SMILES string of the molecule is Cc1ccc(-c2ccc3oc4ccc5c(=O)n(-c6ccc(CC(=O)Oc7ccc(-c8ccc(-c9cc(-c%10ccc(C(C)(C)C)cc%10)c(/C(=C%10\NC(C)(c%11ccc(-c%12ccc(OC(=O)Cc%13ccc(-n%14c(=O)c%15ccc%16oc%17ccc(-c%18ccc(C(F)(F)F)cc%18)cc%17c%17ccc(c%14=O)c%15c%16%17)cc%13)cc%12)cc%11)C=C%10c%10ccc(C(C)(C)C)cc%10)c%10c(C)cc(C)cc%10C)n9[B]F)cc8)cc7)cc6)c(=O)c6ccc(c3c2)c4c56)cc1. The number of alkyl halides is 3. The molecule has 1 radical (unpaired) electrons. The Morgan fingerprint density at radius 3 is 1.15 bits per heavy atom. The van der Waals surface area contributed by atoms with Crippen molar-refractivity contribution in [1.82, 2.24) is 18.9 Å². The number of benzene rings is 17. The van der Waals surface area contributed by atoms with Crippen LogP contribution in [0.2, 0.25) is 0 Å². The first-order valence-corrected chi connectivity index (χ1v) is 49.2. The minimum Gasteiger partial charge on any atom is -0.456 e. The maximum absolute atomic E-state index is 17.4. The van der Waals surface area contributed by atoms with Gasteiger partial charge in [0.2, 0.25) is 0 Å². The van der Waals surface area contributed by atoms with Gasteiger partial charge in [0.1, 0.15) is 33.8 Å². The van der Waals surface area contributed by atoms with Gasteiger partial charge in [-0.25, -0.2) is 9.13 Å². The van der Waals surface area contributed by atoms with Crippen LogP contribution in [0.15, 0.2) is 386 Å². The summed E-state index contributed by atoms with van der Waals surface area (Å²) in [6.45, 7) is 23.8. The molecule has 0 fully saturated rings. The molecule has 17 aromatic carbocycles. The third-order valence-electron chi connectivity index (χ3n) is 29.2. The molecule has 23 rings (SSSR count). The highest BCUT2D eigenvalue weighted by atomic mass is 19.4. The summed E-state index contributed by atoms with van der Waals surface area (Å²) < 4.78 is 86.6. The van der Waals surface area contributed by atoms with Gasteiger partial charge in [-0.05, 0) is 295 Å². The van der Waals surface area contributed by atoms with Crippen molar-refractivity contribution in [3.63, 3.8) is 0 Å². The van der Waals surface area contributed by atoms with E-state index in [1.807, 2.05) is 72.8 Å². The van der Waals surface area contributed by atoms with Gasteiger partial charge in [0.15, 0.2) is 0 Å². The highest BCUT2D eigenvalue weighted by Crippen LogP contribution is 2.51. The number of carbonyl (C=O) groups excluding carboxylic acids is 2. The molecule has 22 aromatic rings. The van der Waals surface area contributed by atoms with Crippen LogP contribution < -0.4 is 37.0 Å². The van der Waals surface area contributed by atoms with Crippen LogP contribution in [0.5, 0.6) is 11.5 Å². The van der Waals surface area contributed by atoms with Crippen LogP contribution in [0.1, 0.15) is 121 Å². The Balaban J connectivity index is 0.506. The van der Waals surface area contributed by atoms with Gasteiger partial charge in [-0.1, -0.05) is 271 Å². The number of hydrogen-bond donors (Lipinski definition) is 1. The van der Waals surface area contributed by atoms with Gasteiger partial charge < -0.3 is 32.4 Å². The molecule has 0 saturated heterocycles. The number of aromatic nitrogens is 3. The van der Waals surface area contributed by atoms with E-state index >= 15 is 4.32 Å². The van der Waals surface area contributed by atoms with Crippen LogP contribution >= 0.6 is 0 Å². The Hall–Kier alpha value is -17.6. The second kappa shape index (κ2) is 36.0. The molecule has 148 heavy (non-hydrogen) atoms. The van der Waals surface area contributed by atoms with Gasteiger partial charge in [-0.2, -0.15) is 13.2 Å². The number of pyridine rings is 2. The normalized spacial score (nSPS) is 13.9. The van der Waals surface area contributed by atoms with Crippen LogP contribution in [0.3, 0.4) is 0 Å². The largest absolute Gasteiger partial charge is 0.495 e. The number of aryl methyl sites for hydroxylation is 4. The lowest BCUT2D eigenvalue weighted by Crippen LogP contribution is -2.33. The summed E-state index contributed by atoms with van der Waals surface area (Å²) in [5.41, 5.74) is 22.5. The fraction of sp³-hybridized carbons (Fsp3) is 0.132. The van der Waals surface area contributed by atoms with Crippen molar-refractivity contribution in [2.24, 2.45) is 0 Å². The number of fused-ring (bicyclic) bond motifs is 4. The lowest BCUT2D eigenvalue weighted by Gasteiger charge is -2.28. The summed E-state index contributed by atoms with van der Waals surface area (Å²) in [5.74, 6) is -0.363. The predicted molar refractivity (Wildman–Crippen MR) is 587 cm³/mol. The predicted octanol–water partition coefficient (Wildman–Crippen LogP) is 29.7. The second-order valence-corrected chi connectivity index (χ2v) is 41.2. The van der Waals surface area contributed by atoms with Gasteiger partial charge in [0, 0.05) is 82.0 Å². The lowest BCUT2D eigenvalue weighted by atomic mass is 9.83. The van der Waals surface area contributed by atoms with E-state index < -0.39 is 51.5 Å². The molecule has 723 valence electrons. The Labute approximate surface area is 849 Å². The molecule has 0 amide bonds. The summed E-state index contributed by atoms with van der Waals surface area (Å²) in [5, 5.41) is 10.9. The highest BCUT2D eigenvalue weighted by Gasteiger charge is 2.40. The maximum Gasteiger partial charge on any atom is 0.495 e. The lowest BCUT2D eigenvalue weighted by molar-refractivity contribution is -0.137. The standard InChI is InChI=1S/C129H96BF4N4O10/c1-72-12-18-82(19-13-72)87-36-60-108-104(68-87)97-54-56-99-115-101(58-62-110(147-108)117(97)115)124(143)136(122(99)141)93-46-14-76(15-47-93)66-112(139)145-95-50-32-80(33-51-95)78-20-22-86(23-21-78)107-70-103(84-28-38-89(39-29-84)126(5,6)7)121(138(107)130-134)119(114-74(3)64-73(2)65-75(114)4)120-106(85-30-40-90(41-31-85)127(8,9)10)71-128(11,135-120)91-42-24-79(25-43-91)81-34-52-96(53-35-81)146-113(140)67-77-16-48-94(49-17-77)137-123(142)100-57-55-98-105-69-88(83-26-44-92(45-27-83)129(131,132)133)37-61-109(105)148-111-63-59-102(125(137)144)116(100)118(98)111/h12-65,68-71,135H,66-67H2,1-11H3/b120-119-. The quantitative estimate of drug-likeness (QED) is 0.0204. The molecular weight excluding hydrogens is 1850 g/mol. The van der Waals surface area contributed by atoms with E-state index in [1.165, 1.54) is 22.3 Å². The zero-order valence-corrected chi connectivity index (χ0v) is 82.9. The van der Waals surface area contributed by atoms with Crippen LogP contribution in [0.4, 0.5) is 17.5 Å². The smallest absolute Gasteiger partial charge is 0.456 e. The van der Waals surface area contributed by atoms with Crippen molar-refractivity contribution in [2.75, 3.05) is 0 Å². The molecule has 1 unspecified atom stereocenters. The molecule has 19 heteroatoms. The van der Waals surface area contributed by atoms with Crippen molar-refractivity contribution in [3.05, 3.63) is 471 Å². The van der Waals surface area contributed by atoms with Gasteiger partial charge >= 0.3 is 25.8 Å². The van der Waals surface area contributed by atoms with E-state index in [1.54, 1.807) is 132 Å². The third kappa shape index (κ3) is 16.8. The van der Waals surface area contributed by atoms with Crippen molar-refractivity contribution in [2.45, 2.75) is 112 Å². The molecule has 0 saturated carbocycles. The Kier molecular flexibility index (Phi) is 22.9. The maximum atomic E-state index is 17.4. The van der Waals surface area contributed by atoms with E-state index in [2.05, 4.69) is 209 Å². The summed E-state index contributed by atoms with van der Waals surface area (Å²) in [4.78, 5) is 85.8. The molecule has 5 aromatic heterocycles. The highest BCUT2D eigenvalue weighted by molar-refractivity contribution is 6.29. The zero-order valence-electron chi connectivity index (χ0n) is 82.9. The van der Waals surface area contributed by atoms with Crippen LogP contribution in [0.25, 0.3) is 176 Å². The Morgan fingerprint density at radius 2 is 0.723 bits per heavy atom. The van der Waals surface area contributed by atoms with Crippen LogP contribution in [-0.4, -0.2) is 33.2 Å². The van der Waals surface area contributed by atoms with Gasteiger partial charge in [-0.15, -0.1) is 0 Å². The van der Waals surface area contributed by atoms with Gasteiger partial charge in [0.05, 0.1) is 41.0 Å². The topological polar surface area (TPSA) is 174 Å². The minimum atomic E-state index is -4.48. The zero-order chi connectivity index (χ0) is 103. The van der Waals surface area contributed by atoms with E-state index in [0.29, 0.717) is 130 Å². The van der Waals surface area contributed by atoms with E-state index in [0.717, 1.165) is 139 Å². The number of rotatable bonds is 19. The fourth-order valence-corrected chi connectivity index (χ4v) is 21.6. The third-order valence-corrected chi connectivity index (χ3v) is 29.2. The first-order chi connectivity index (χ1) is 71.1. The van der Waals surface area contributed by atoms with E-state index in [4.69, 9.17) is 18.3 Å². The molecule has 1 aliphatic rings. The summed E-state index contributed by atoms with van der Waals surface area (Å²) in [7, 11) is 0.681. The fourth-order valence-electron chi connectivity index (χ4n) is 21.6. The van der Waals surface area contributed by atoms with Crippen molar-refractivity contribution < 1.29 is 45.4 Å². The average molecular weight is 1950 g/mol. The number of esters is 2. The van der Waals surface area contributed by atoms with Crippen molar-refractivity contribution >= 4 is 118 Å². The number of carbonyl (C=O) groups is 2. The van der Waals surface area contributed by atoms with E-state index in [-0.39, 0.29) is 34.4 Å². The molecule has 1 N–H and O–H groups in total. The number of allylic oxidation sites excluding steroid dienone is 1. The van der Waals surface area contributed by atoms with Crippen LogP contribution in [-0.2, 0) is 45.0 Å². The number of nitrogens with zero attached hydrogens (tertiary/aromatic N) is 3. The number of halogens is 4. The average Bonchev–Trinajstić information content (AvgIpc) is 0.969. The molecule has 1 aliphatic heterocycles. The number of ether oxygens (including phenoxy) is 2. The van der Waals surface area contributed by atoms with Gasteiger partial charge in [0.25, 0.3) is 22.2 Å². The molecule has 0 bridgehead atoms. The Morgan fingerprint density at radius 1 is 0.365 bits per heavy atom. The number of hydrogen-bond acceptors (Lipinski definition) is 11. The molecule has 0 aliphatic carbocycles. The molecular formula is C129H96BF4N4O10. The Bertz CT molecular complexity index is 9440. The summed E-state index contributed by atoms with van der Waals surface area (Å²) in [6, 6.07) is 107. The molecule has 14 nitrogen and oxygen atoms in total. The van der Waals surface area contributed by atoms with Gasteiger partial charge in [-0.3, -0.25) is 28.8 Å². The first-order valence-electron chi connectivity index (χ1n) is 49.2. The minimum absolute atomic E-state index is 0.0883. The molecule has 1 atom stereocenters. The van der Waals surface area contributed by atoms with Crippen molar-refractivity contribution in [3.8, 4) is 89.8 Å². The first kappa shape index (κ1) is 94.0.